The molecule has 0 saturated carbocycles. The zero-order chi connectivity index (χ0) is 26.0. The molecule has 7 nitrogen and oxygen atoms in total. The van der Waals surface area contributed by atoms with Gasteiger partial charge >= 0.3 is 0 Å². The highest BCUT2D eigenvalue weighted by molar-refractivity contribution is 5.66. The van der Waals surface area contributed by atoms with Crippen LogP contribution in [0, 0.1) is 11.6 Å². The van der Waals surface area contributed by atoms with Gasteiger partial charge in [-0.1, -0.05) is 18.2 Å². The molecule has 0 saturated heterocycles. The van der Waals surface area contributed by atoms with Crippen LogP contribution in [-0.4, -0.2) is 37.5 Å². The first-order chi connectivity index (χ1) is 18.0. The fourth-order valence-electron chi connectivity index (χ4n) is 3.82. The van der Waals surface area contributed by atoms with Crippen LogP contribution in [0.15, 0.2) is 65.5 Å². The summed E-state index contributed by atoms with van der Waals surface area (Å²) < 4.78 is 40.6. The quantitative estimate of drug-likeness (QED) is 0.251. The van der Waals surface area contributed by atoms with Gasteiger partial charge in [0.05, 0.1) is 12.7 Å². The fourth-order valence-corrected chi connectivity index (χ4v) is 3.82. The topological polar surface area (TPSA) is 93.5 Å². The minimum atomic E-state index is -0.790. The lowest BCUT2D eigenvalue weighted by molar-refractivity contribution is 0.0931. The lowest BCUT2D eigenvalue weighted by Gasteiger charge is -2.10. The highest BCUT2D eigenvalue weighted by Gasteiger charge is 2.10. The number of imidazole rings is 1. The van der Waals surface area contributed by atoms with Crippen LogP contribution in [-0.2, 0) is 26.0 Å². The summed E-state index contributed by atoms with van der Waals surface area (Å²) in [7, 11) is 0. The van der Waals surface area contributed by atoms with Crippen molar-refractivity contribution in [3.8, 4) is 5.75 Å². The maximum atomic E-state index is 13.7. The Hall–Kier alpha value is -3.82. The predicted octanol–water partition coefficient (Wildman–Crippen LogP) is 4.82. The van der Waals surface area contributed by atoms with Crippen LogP contribution in [0.5, 0.6) is 5.75 Å². The van der Waals surface area contributed by atoms with E-state index in [1.165, 1.54) is 42.2 Å². The van der Waals surface area contributed by atoms with E-state index in [1.54, 1.807) is 6.20 Å². The molecule has 2 N–H and O–H groups in total. The molecule has 0 aliphatic heterocycles. The second-order valence-electron chi connectivity index (χ2n) is 8.61. The Balaban J connectivity index is 1.20. The number of hydrogen-bond donors (Lipinski definition) is 2. The van der Waals surface area contributed by atoms with Gasteiger partial charge in [-0.3, -0.25) is 0 Å². The van der Waals surface area contributed by atoms with E-state index in [-0.39, 0.29) is 24.7 Å². The number of aromatic nitrogens is 3. The molecule has 9 heteroatoms. The SMILES string of the molecule is OCC(O)Cc1nccn1CCCCc1ccc(OCc2coc(C=Cc3c(F)cccc3F)n2)cc1. The fraction of sp³-hybridized carbons (Fsp3) is 0.286. The number of hydrogen-bond acceptors (Lipinski definition) is 6. The number of benzene rings is 2. The van der Waals surface area contributed by atoms with Gasteiger partial charge in [0.1, 0.15) is 41.8 Å². The molecule has 2 aromatic carbocycles. The van der Waals surface area contributed by atoms with Gasteiger partial charge in [-0.15, -0.1) is 0 Å². The molecular weight excluding hydrogens is 480 g/mol. The van der Waals surface area contributed by atoms with Crippen LogP contribution < -0.4 is 4.74 Å². The van der Waals surface area contributed by atoms with Crippen LogP contribution in [0.3, 0.4) is 0 Å². The molecule has 0 spiro atoms. The first-order valence-corrected chi connectivity index (χ1v) is 12.1. The minimum absolute atomic E-state index is 0.150. The number of unbranched alkanes of at least 4 members (excludes halogenated alkanes) is 1. The number of aliphatic hydroxyl groups excluding tert-OH is 2. The average Bonchev–Trinajstić information content (AvgIpc) is 3.55. The number of rotatable bonds is 13. The molecule has 0 fully saturated rings. The van der Waals surface area contributed by atoms with Crippen LogP contribution in [0.1, 0.15) is 41.4 Å². The number of halogens is 2. The van der Waals surface area contributed by atoms with E-state index in [9.17, 15) is 13.9 Å². The Bertz CT molecular complexity index is 1280. The van der Waals surface area contributed by atoms with Crippen LogP contribution in [0.25, 0.3) is 12.2 Å². The summed E-state index contributed by atoms with van der Waals surface area (Å²) >= 11 is 0. The number of ether oxygens (including phenoxy) is 1. The predicted molar refractivity (Wildman–Crippen MR) is 135 cm³/mol. The molecule has 2 heterocycles. The third-order valence-electron chi connectivity index (χ3n) is 5.82. The van der Waals surface area contributed by atoms with E-state index in [0.717, 1.165) is 31.6 Å². The summed E-state index contributed by atoms with van der Waals surface area (Å²) in [4.78, 5) is 8.52. The number of nitrogens with zero attached hydrogens (tertiary/aromatic N) is 3. The van der Waals surface area contributed by atoms with Crippen molar-refractivity contribution in [2.75, 3.05) is 6.61 Å². The summed E-state index contributed by atoms with van der Waals surface area (Å²) in [5.74, 6) is 0.387. The summed E-state index contributed by atoms with van der Waals surface area (Å²) in [5, 5.41) is 18.7. The highest BCUT2D eigenvalue weighted by atomic mass is 19.1. The smallest absolute Gasteiger partial charge is 0.218 e. The number of aliphatic hydroxyl groups is 2. The Morgan fingerprint density at radius 2 is 1.84 bits per heavy atom. The monoisotopic (exact) mass is 509 g/mol. The summed E-state index contributed by atoms with van der Waals surface area (Å²) in [6, 6.07) is 11.5. The van der Waals surface area contributed by atoms with E-state index in [4.69, 9.17) is 14.3 Å². The molecule has 1 atom stereocenters. The molecule has 4 rings (SSSR count). The van der Waals surface area contributed by atoms with Crippen LogP contribution in [0.4, 0.5) is 8.78 Å². The van der Waals surface area contributed by atoms with Gasteiger partial charge in [0.15, 0.2) is 0 Å². The van der Waals surface area contributed by atoms with Crippen molar-refractivity contribution in [2.24, 2.45) is 0 Å². The molecule has 0 bridgehead atoms. The largest absolute Gasteiger partial charge is 0.487 e. The lowest BCUT2D eigenvalue weighted by Crippen LogP contribution is -2.18. The zero-order valence-corrected chi connectivity index (χ0v) is 20.3. The van der Waals surface area contributed by atoms with Crippen molar-refractivity contribution in [1.29, 1.82) is 0 Å². The summed E-state index contributed by atoms with van der Waals surface area (Å²) in [6.07, 6.45) is 10.2. The molecule has 2 aromatic heterocycles. The van der Waals surface area contributed by atoms with Gasteiger partial charge in [0, 0.05) is 37.0 Å². The van der Waals surface area contributed by atoms with E-state index < -0.39 is 17.7 Å². The van der Waals surface area contributed by atoms with E-state index in [2.05, 4.69) is 9.97 Å². The normalized spacial score (nSPS) is 12.3. The third-order valence-corrected chi connectivity index (χ3v) is 5.82. The summed E-state index contributed by atoms with van der Waals surface area (Å²) in [6.45, 7) is 0.727. The van der Waals surface area contributed by atoms with Gasteiger partial charge in [-0.2, -0.15) is 0 Å². The van der Waals surface area contributed by atoms with Gasteiger partial charge < -0.3 is 23.9 Å². The summed E-state index contributed by atoms with van der Waals surface area (Å²) in [5.41, 5.74) is 1.61. The molecular formula is C28H29F2N3O4. The molecule has 4 aromatic rings. The number of oxazole rings is 1. The van der Waals surface area contributed by atoms with Crippen molar-refractivity contribution in [3.05, 3.63) is 101 Å². The standard InChI is InChI=1S/C28H29F2N3O4/c29-25-5-3-6-26(30)24(25)11-12-28-32-21(19-37-28)18-36-23-9-7-20(8-10-23)4-1-2-14-33-15-13-31-27(33)16-22(35)17-34/h3,5-13,15,19,22,34-35H,1-2,4,14,16-18H2. The average molecular weight is 510 g/mol. The van der Waals surface area contributed by atoms with Crippen molar-refractivity contribution in [1.82, 2.24) is 14.5 Å². The van der Waals surface area contributed by atoms with E-state index in [0.29, 0.717) is 17.9 Å². The Morgan fingerprint density at radius 1 is 1.05 bits per heavy atom. The third kappa shape index (κ3) is 7.58. The van der Waals surface area contributed by atoms with E-state index >= 15 is 0 Å². The Kier molecular flexibility index (Phi) is 9.18. The van der Waals surface area contributed by atoms with Gasteiger partial charge in [-0.05, 0) is 55.2 Å². The molecule has 0 radical (unpaired) electrons. The van der Waals surface area contributed by atoms with Crippen LogP contribution >= 0.6 is 0 Å². The highest BCUT2D eigenvalue weighted by Crippen LogP contribution is 2.18. The molecule has 37 heavy (non-hydrogen) atoms. The second kappa shape index (κ2) is 12.9. The Labute approximate surface area is 213 Å². The van der Waals surface area contributed by atoms with Crippen molar-refractivity contribution in [3.63, 3.8) is 0 Å². The lowest BCUT2D eigenvalue weighted by atomic mass is 10.1. The zero-order valence-electron chi connectivity index (χ0n) is 20.3. The first-order valence-electron chi connectivity index (χ1n) is 12.1. The van der Waals surface area contributed by atoms with Gasteiger partial charge in [-0.25, -0.2) is 18.7 Å². The van der Waals surface area contributed by atoms with Gasteiger partial charge in [0.25, 0.3) is 0 Å². The van der Waals surface area contributed by atoms with Crippen molar-refractivity contribution >= 4 is 12.2 Å². The molecule has 1 unspecified atom stereocenters. The Morgan fingerprint density at radius 3 is 2.59 bits per heavy atom. The molecule has 0 amide bonds. The second-order valence-corrected chi connectivity index (χ2v) is 8.61. The van der Waals surface area contributed by atoms with Crippen molar-refractivity contribution < 1.29 is 28.1 Å². The van der Waals surface area contributed by atoms with E-state index in [1.807, 2.05) is 35.0 Å². The minimum Gasteiger partial charge on any atom is -0.487 e. The maximum absolute atomic E-state index is 13.7. The molecule has 0 aliphatic carbocycles. The van der Waals surface area contributed by atoms with Crippen LogP contribution in [0.2, 0.25) is 0 Å². The first kappa shape index (κ1) is 26.2. The molecule has 194 valence electrons. The van der Waals surface area contributed by atoms with Gasteiger partial charge in [0.2, 0.25) is 5.89 Å². The maximum Gasteiger partial charge on any atom is 0.218 e. The van der Waals surface area contributed by atoms with Crippen molar-refractivity contribution in [2.45, 2.75) is 44.9 Å². The number of aryl methyl sites for hydroxylation is 2. The molecule has 0 aliphatic rings.